The van der Waals surface area contributed by atoms with Crippen LogP contribution in [0.1, 0.15) is 0 Å². The fourth-order valence-electron chi connectivity index (χ4n) is 11.3. The van der Waals surface area contributed by atoms with Crippen molar-refractivity contribution in [1.82, 2.24) is 0 Å². The quantitative estimate of drug-likeness (QED) is 0.122. The fraction of sp³-hybridized carbons (Fsp3) is 0. The Labute approximate surface area is 453 Å². The molecule has 14 aromatic rings. The Kier molecular flexibility index (Phi) is 11.8. The monoisotopic (exact) mass is 998 g/mol. The molecule has 0 unspecified atom stereocenters. The molecular formula is C74H50N2O2. The van der Waals surface area contributed by atoms with Crippen LogP contribution in [0.3, 0.4) is 0 Å². The van der Waals surface area contributed by atoms with Crippen LogP contribution < -0.4 is 9.80 Å². The standard InChI is InChI=1S/C74H50N2O2/c1-9-25-51(26-10-1)63-49-65-66(69-67(53-29-13-3-14-30-53)71(77-73(63)69)55-41-45-61(46-42-55)75(57-33-17-5-18-34-57)58-35-19-6-20-36-58)50-64(52-27-11-2-12-28-52)74-70(65)68(54-31-15-4-16-32-54)72(78-74)56-43-47-62(48-44-56)76(59-37-21-7-22-38-59)60-39-23-8-24-40-60/h1-50H. The molecule has 2 aromatic heterocycles. The molecule has 14 rings (SSSR count). The molecule has 4 nitrogen and oxygen atoms in total. The Morgan fingerprint density at radius 2 is 0.462 bits per heavy atom. The van der Waals surface area contributed by atoms with E-state index in [4.69, 9.17) is 8.83 Å². The van der Waals surface area contributed by atoms with E-state index < -0.39 is 0 Å². The molecule has 0 aliphatic rings. The molecule has 0 saturated heterocycles. The molecule has 0 bridgehead atoms. The number of anilines is 6. The number of nitrogens with zero attached hydrogens (tertiary/aromatic N) is 2. The van der Waals surface area contributed by atoms with E-state index in [0.29, 0.717) is 0 Å². The van der Waals surface area contributed by atoms with Crippen molar-refractivity contribution in [2.24, 2.45) is 0 Å². The van der Waals surface area contributed by atoms with Crippen LogP contribution >= 0.6 is 0 Å². The molecule has 12 aromatic carbocycles. The minimum atomic E-state index is 0.802. The summed E-state index contributed by atoms with van der Waals surface area (Å²) in [6.45, 7) is 0. The van der Waals surface area contributed by atoms with Gasteiger partial charge in [0.15, 0.2) is 0 Å². The summed E-state index contributed by atoms with van der Waals surface area (Å²) in [6, 6.07) is 107. The van der Waals surface area contributed by atoms with Crippen molar-refractivity contribution >= 4 is 66.8 Å². The molecule has 2 heterocycles. The molecule has 0 fully saturated rings. The third kappa shape index (κ3) is 8.30. The predicted octanol–water partition coefficient (Wildman–Crippen LogP) is 21.3. The molecule has 0 amide bonds. The highest BCUT2D eigenvalue weighted by Gasteiger charge is 2.29. The minimum absolute atomic E-state index is 0.802. The van der Waals surface area contributed by atoms with Crippen molar-refractivity contribution in [1.29, 1.82) is 0 Å². The number of hydrogen-bond acceptors (Lipinski definition) is 4. The van der Waals surface area contributed by atoms with E-state index in [2.05, 4.69) is 313 Å². The van der Waals surface area contributed by atoms with Gasteiger partial charge in [-0.25, -0.2) is 0 Å². The maximum absolute atomic E-state index is 7.50. The van der Waals surface area contributed by atoms with Crippen LogP contribution in [-0.4, -0.2) is 0 Å². The van der Waals surface area contributed by atoms with E-state index >= 15 is 0 Å². The van der Waals surface area contributed by atoms with Gasteiger partial charge in [-0.3, -0.25) is 0 Å². The summed E-state index contributed by atoms with van der Waals surface area (Å²) in [6.07, 6.45) is 0. The van der Waals surface area contributed by atoms with Gasteiger partial charge < -0.3 is 18.6 Å². The first-order valence-corrected chi connectivity index (χ1v) is 26.5. The van der Waals surface area contributed by atoms with Crippen molar-refractivity contribution in [3.8, 4) is 67.2 Å². The summed E-state index contributed by atoms with van der Waals surface area (Å²) >= 11 is 0. The van der Waals surface area contributed by atoms with Crippen LogP contribution in [0, 0.1) is 0 Å². The molecule has 0 aliphatic carbocycles. The van der Waals surface area contributed by atoms with Crippen LogP contribution in [0.4, 0.5) is 34.1 Å². The molecular weight excluding hydrogens is 949 g/mol. The molecule has 0 atom stereocenters. The Morgan fingerprint density at radius 1 is 0.218 bits per heavy atom. The van der Waals surface area contributed by atoms with Gasteiger partial charge in [0.25, 0.3) is 0 Å². The molecule has 0 spiro atoms. The van der Waals surface area contributed by atoms with Gasteiger partial charge in [0.2, 0.25) is 0 Å². The Hall–Kier alpha value is -10.4. The van der Waals surface area contributed by atoms with E-state index in [9.17, 15) is 0 Å². The first kappa shape index (κ1) is 46.1. The minimum Gasteiger partial charge on any atom is -0.455 e. The second kappa shape index (κ2) is 20.0. The summed E-state index contributed by atoms with van der Waals surface area (Å²) in [4.78, 5) is 4.58. The lowest BCUT2D eigenvalue weighted by Crippen LogP contribution is -2.09. The van der Waals surface area contributed by atoms with Crippen LogP contribution in [0.25, 0.3) is 99.9 Å². The van der Waals surface area contributed by atoms with Crippen LogP contribution in [0.5, 0.6) is 0 Å². The maximum Gasteiger partial charge on any atom is 0.143 e. The highest BCUT2D eigenvalue weighted by Crippen LogP contribution is 2.54. The maximum atomic E-state index is 7.50. The van der Waals surface area contributed by atoms with Crippen molar-refractivity contribution in [3.05, 3.63) is 303 Å². The van der Waals surface area contributed by atoms with E-state index in [0.717, 1.165) is 134 Å². The second-order valence-electron chi connectivity index (χ2n) is 19.5. The summed E-state index contributed by atoms with van der Waals surface area (Å²) in [5, 5.41) is 4.22. The van der Waals surface area contributed by atoms with Gasteiger partial charge in [-0.2, -0.15) is 0 Å². The number of fused-ring (bicyclic) bond motifs is 5. The Morgan fingerprint density at radius 3 is 0.744 bits per heavy atom. The highest BCUT2D eigenvalue weighted by atomic mass is 16.3. The van der Waals surface area contributed by atoms with Gasteiger partial charge in [-0.05, 0) is 142 Å². The Bertz CT molecular complexity index is 3990. The molecule has 78 heavy (non-hydrogen) atoms. The lowest BCUT2D eigenvalue weighted by atomic mass is 9.87. The molecule has 0 saturated carbocycles. The number of rotatable bonds is 12. The summed E-state index contributed by atoms with van der Waals surface area (Å²) in [7, 11) is 0. The van der Waals surface area contributed by atoms with Gasteiger partial charge in [0.1, 0.15) is 22.7 Å². The molecule has 0 N–H and O–H groups in total. The van der Waals surface area contributed by atoms with Gasteiger partial charge in [-0.15, -0.1) is 0 Å². The number of benzene rings is 12. The SMILES string of the molecule is c1ccc(-c2cc3c(cc(-c4ccccc4)c4oc(-c5ccc(N(c6ccccc6)c6ccccc6)cc5)c(-c5ccccc5)c43)c3c(-c4ccccc4)c(-c4ccc(N(c5ccccc5)c5ccccc5)cc4)oc23)cc1. The van der Waals surface area contributed by atoms with E-state index in [1.165, 1.54) is 0 Å². The molecule has 368 valence electrons. The predicted molar refractivity (Wildman–Crippen MR) is 325 cm³/mol. The van der Waals surface area contributed by atoms with Crippen LogP contribution in [0.15, 0.2) is 312 Å². The summed E-state index contributed by atoms with van der Waals surface area (Å²) < 4.78 is 15.0. The normalized spacial score (nSPS) is 11.3. The zero-order valence-corrected chi connectivity index (χ0v) is 42.6. The molecule has 0 radical (unpaired) electrons. The van der Waals surface area contributed by atoms with Crippen LogP contribution in [-0.2, 0) is 0 Å². The number of furan rings is 2. The average molecular weight is 999 g/mol. The topological polar surface area (TPSA) is 32.8 Å². The van der Waals surface area contributed by atoms with Crippen molar-refractivity contribution in [3.63, 3.8) is 0 Å². The van der Waals surface area contributed by atoms with Crippen molar-refractivity contribution in [2.45, 2.75) is 0 Å². The Balaban J connectivity index is 1.05. The smallest absolute Gasteiger partial charge is 0.143 e. The number of para-hydroxylation sites is 4. The van der Waals surface area contributed by atoms with E-state index in [-0.39, 0.29) is 0 Å². The van der Waals surface area contributed by atoms with Crippen molar-refractivity contribution in [2.75, 3.05) is 9.80 Å². The van der Waals surface area contributed by atoms with E-state index in [1.54, 1.807) is 0 Å². The summed E-state index contributed by atoms with van der Waals surface area (Å²) in [5.41, 5.74) is 18.3. The zero-order chi connectivity index (χ0) is 51.8. The lowest BCUT2D eigenvalue weighted by Gasteiger charge is -2.25. The van der Waals surface area contributed by atoms with E-state index in [1.807, 2.05) is 0 Å². The zero-order valence-electron chi connectivity index (χ0n) is 42.6. The number of hydrogen-bond donors (Lipinski definition) is 0. The summed E-state index contributed by atoms with van der Waals surface area (Å²) in [5.74, 6) is 1.60. The van der Waals surface area contributed by atoms with Gasteiger partial charge in [-0.1, -0.05) is 194 Å². The first-order valence-electron chi connectivity index (χ1n) is 26.5. The fourth-order valence-corrected chi connectivity index (χ4v) is 11.3. The van der Waals surface area contributed by atoms with Gasteiger partial charge in [0, 0.05) is 78.3 Å². The lowest BCUT2D eigenvalue weighted by molar-refractivity contribution is 0.633. The third-order valence-corrected chi connectivity index (χ3v) is 14.8. The largest absolute Gasteiger partial charge is 0.455 e. The highest BCUT2D eigenvalue weighted by molar-refractivity contribution is 6.29. The average Bonchev–Trinajstić information content (AvgIpc) is 3.87. The third-order valence-electron chi connectivity index (χ3n) is 14.8. The van der Waals surface area contributed by atoms with Gasteiger partial charge >= 0.3 is 0 Å². The van der Waals surface area contributed by atoms with Crippen LogP contribution in [0.2, 0.25) is 0 Å². The van der Waals surface area contributed by atoms with Gasteiger partial charge in [0.05, 0.1) is 0 Å². The van der Waals surface area contributed by atoms with Crippen molar-refractivity contribution < 1.29 is 8.83 Å². The molecule has 0 aliphatic heterocycles. The second-order valence-corrected chi connectivity index (χ2v) is 19.5. The first-order chi connectivity index (χ1) is 38.7. The molecule has 4 heteroatoms.